The van der Waals surface area contributed by atoms with E-state index in [0.717, 1.165) is 11.1 Å². The van der Waals surface area contributed by atoms with E-state index in [1.165, 1.54) is 0 Å². The Balaban J connectivity index is 2.19. The SMILES string of the molecule is Cc1ccccc1C(O)CN1CCN(CC(=O)O)CCN(CP(=O)(O)O)CCN(CC(=O)O)CC1. The Bertz CT molecular complexity index is 851. The summed E-state index contributed by atoms with van der Waals surface area (Å²) < 4.78 is 11.6. The van der Waals surface area contributed by atoms with Gasteiger partial charge in [-0.3, -0.25) is 33.8 Å². The molecule has 1 aromatic carbocycles. The fourth-order valence-corrected chi connectivity index (χ4v) is 4.97. The molecule has 2 rings (SSSR count). The van der Waals surface area contributed by atoms with Crippen LogP contribution in [0.4, 0.5) is 0 Å². The molecule has 1 fully saturated rings. The van der Waals surface area contributed by atoms with Gasteiger partial charge in [-0.2, -0.15) is 0 Å². The molecule has 0 amide bonds. The summed E-state index contributed by atoms with van der Waals surface area (Å²) in [6.45, 7) is 4.41. The van der Waals surface area contributed by atoms with Gasteiger partial charge in [-0.25, -0.2) is 0 Å². The number of aliphatic hydroxyl groups is 1. The maximum absolute atomic E-state index is 11.6. The largest absolute Gasteiger partial charge is 0.480 e. The first-order valence-electron chi connectivity index (χ1n) is 11.5. The van der Waals surface area contributed by atoms with Crippen LogP contribution in [-0.2, 0) is 14.2 Å². The predicted octanol–water partition coefficient (Wildman–Crippen LogP) is -0.446. The number of hydrogen-bond donors (Lipinski definition) is 5. The topological polar surface area (TPSA) is 165 Å². The van der Waals surface area contributed by atoms with E-state index < -0.39 is 31.9 Å². The van der Waals surface area contributed by atoms with Gasteiger partial charge in [0.15, 0.2) is 0 Å². The van der Waals surface area contributed by atoms with Gasteiger partial charge in [0.25, 0.3) is 0 Å². The van der Waals surface area contributed by atoms with Crippen molar-refractivity contribution in [3.63, 3.8) is 0 Å². The van der Waals surface area contributed by atoms with Gasteiger partial charge in [-0.1, -0.05) is 24.3 Å². The molecule has 198 valence electrons. The highest BCUT2D eigenvalue weighted by Crippen LogP contribution is 2.34. The van der Waals surface area contributed by atoms with Crippen LogP contribution < -0.4 is 0 Å². The summed E-state index contributed by atoms with van der Waals surface area (Å²) in [6.07, 6.45) is -1.24. The van der Waals surface area contributed by atoms with Crippen molar-refractivity contribution in [3.8, 4) is 0 Å². The lowest BCUT2D eigenvalue weighted by atomic mass is 10.0. The Kier molecular flexibility index (Phi) is 11.7. The first-order valence-corrected chi connectivity index (χ1v) is 13.3. The second kappa shape index (κ2) is 14.0. The summed E-state index contributed by atoms with van der Waals surface area (Å²) in [4.78, 5) is 48.6. The molecule has 1 aromatic rings. The highest BCUT2D eigenvalue weighted by Gasteiger charge is 2.24. The number of aryl methyl sites for hydroxylation is 1. The summed E-state index contributed by atoms with van der Waals surface area (Å²) in [6, 6.07) is 7.53. The fourth-order valence-electron chi connectivity index (χ4n) is 4.17. The van der Waals surface area contributed by atoms with Crippen molar-refractivity contribution in [2.24, 2.45) is 0 Å². The van der Waals surface area contributed by atoms with Crippen LogP contribution >= 0.6 is 7.60 Å². The quantitative estimate of drug-likeness (QED) is 0.269. The van der Waals surface area contributed by atoms with Crippen LogP contribution in [0.1, 0.15) is 17.2 Å². The minimum Gasteiger partial charge on any atom is -0.480 e. The summed E-state index contributed by atoms with van der Waals surface area (Å²) in [5, 5.41) is 29.5. The maximum Gasteiger partial charge on any atom is 0.339 e. The van der Waals surface area contributed by atoms with Crippen molar-refractivity contribution in [2.45, 2.75) is 13.0 Å². The van der Waals surface area contributed by atoms with E-state index in [4.69, 9.17) is 0 Å². The summed E-state index contributed by atoms with van der Waals surface area (Å²) in [7, 11) is -4.35. The summed E-state index contributed by atoms with van der Waals surface area (Å²) in [5.41, 5.74) is 1.76. The average Bonchev–Trinajstić information content (AvgIpc) is 2.74. The molecule has 5 N–H and O–H groups in total. The third-order valence-corrected chi connectivity index (χ3v) is 6.78. The van der Waals surface area contributed by atoms with E-state index in [-0.39, 0.29) is 39.3 Å². The van der Waals surface area contributed by atoms with E-state index >= 15 is 0 Å². The van der Waals surface area contributed by atoms with E-state index in [1.807, 2.05) is 36.1 Å². The molecule has 35 heavy (non-hydrogen) atoms. The normalized spacial score (nSPS) is 19.5. The second-order valence-corrected chi connectivity index (χ2v) is 10.5. The zero-order chi connectivity index (χ0) is 26.0. The lowest BCUT2D eigenvalue weighted by Crippen LogP contribution is -2.48. The van der Waals surface area contributed by atoms with Crippen LogP contribution in [0.3, 0.4) is 0 Å². The van der Waals surface area contributed by atoms with Crippen molar-refractivity contribution in [3.05, 3.63) is 35.4 Å². The molecular formula is C22H37N4O8P. The number of benzene rings is 1. The molecule has 1 unspecified atom stereocenters. The molecule has 1 heterocycles. The molecule has 0 aromatic heterocycles. The first kappa shape index (κ1) is 29.3. The Morgan fingerprint density at radius 3 is 1.69 bits per heavy atom. The van der Waals surface area contributed by atoms with Crippen LogP contribution in [0, 0.1) is 6.92 Å². The monoisotopic (exact) mass is 516 g/mol. The zero-order valence-electron chi connectivity index (χ0n) is 20.1. The third kappa shape index (κ3) is 11.6. The van der Waals surface area contributed by atoms with Crippen LogP contribution in [-0.4, -0.2) is 135 Å². The molecule has 0 radical (unpaired) electrons. The van der Waals surface area contributed by atoms with Crippen LogP contribution in [0.15, 0.2) is 24.3 Å². The first-order chi connectivity index (χ1) is 16.4. The number of β-amino-alcohol motifs (C(OH)–C–C–N with tert-alkyl or cyclic N) is 1. The number of aliphatic hydroxyl groups excluding tert-OH is 1. The summed E-state index contributed by atoms with van der Waals surface area (Å²) >= 11 is 0. The minimum absolute atomic E-state index is 0.219. The Morgan fingerprint density at radius 2 is 1.26 bits per heavy atom. The fraction of sp³-hybridized carbons (Fsp3) is 0.636. The number of aliphatic carboxylic acids is 2. The van der Waals surface area contributed by atoms with Crippen molar-refractivity contribution in [2.75, 3.05) is 78.3 Å². The van der Waals surface area contributed by atoms with Crippen LogP contribution in [0.2, 0.25) is 0 Å². The van der Waals surface area contributed by atoms with E-state index in [2.05, 4.69) is 0 Å². The second-order valence-electron chi connectivity index (χ2n) is 8.94. The summed E-state index contributed by atoms with van der Waals surface area (Å²) in [5.74, 6) is -2.00. The maximum atomic E-state index is 11.6. The lowest BCUT2D eigenvalue weighted by Gasteiger charge is -2.34. The van der Waals surface area contributed by atoms with Gasteiger partial charge >= 0.3 is 19.5 Å². The predicted molar refractivity (Wildman–Crippen MR) is 129 cm³/mol. The van der Waals surface area contributed by atoms with Gasteiger partial charge < -0.3 is 25.1 Å². The van der Waals surface area contributed by atoms with Crippen molar-refractivity contribution in [1.29, 1.82) is 0 Å². The van der Waals surface area contributed by atoms with Gasteiger partial charge in [0.2, 0.25) is 0 Å². The third-order valence-electron chi connectivity index (χ3n) is 6.01. The number of rotatable bonds is 9. The number of carboxylic acid groups (broad SMARTS) is 2. The minimum atomic E-state index is -4.35. The van der Waals surface area contributed by atoms with Crippen molar-refractivity contribution >= 4 is 19.5 Å². The standard InChI is InChI=1S/C22H37N4O8P/c1-18-4-2-3-5-19(18)20(27)14-23-6-8-24(15-21(28)29)10-12-26(17-35(32,33)34)13-11-25(9-7-23)16-22(30)31/h2-5,20,27H,6-17H2,1H3,(H,28,29)(H,30,31)(H2,32,33,34). The van der Waals surface area contributed by atoms with Gasteiger partial charge in [-0.05, 0) is 18.1 Å². The van der Waals surface area contributed by atoms with Gasteiger partial charge in [0.1, 0.15) is 6.29 Å². The van der Waals surface area contributed by atoms with Crippen LogP contribution in [0.25, 0.3) is 0 Å². The van der Waals surface area contributed by atoms with Gasteiger partial charge in [0, 0.05) is 58.9 Å². The molecular weight excluding hydrogens is 479 g/mol. The Morgan fingerprint density at radius 1 is 0.829 bits per heavy atom. The number of carbonyl (C=O) groups is 2. The van der Waals surface area contributed by atoms with E-state index in [1.54, 1.807) is 14.7 Å². The molecule has 13 heteroatoms. The molecule has 1 saturated heterocycles. The number of carboxylic acids is 2. The molecule has 1 aliphatic rings. The van der Waals surface area contributed by atoms with Crippen LogP contribution in [0.5, 0.6) is 0 Å². The lowest BCUT2D eigenvalue weighted by molar-refractivity contribution is -0.139. The molecule has 1 aliphatic heterocycles. The molecule has 0 bridgehead atoms. The molecule has 0 aliphatic carbocycles. The Labute approximate surface area is 205 Å². The highest BCUT2D eigenvalue weighted by molar-refractivity contribution is 7.51. The zero-order valence-corrected chi connectivity index (χ0v) is 21.0. The van der Waals surface area contributed by atoms with Gasteiger partial charge in [0.05, 0.1) is 19.2 Å². The van der Waals surface area contributed by atoms with Crippen molar-refractivity contribution in [1.82, 2.24) is 19.6 Å². The number of nitrogens with zero attached hydrogens (tertiary/aromatic N) is 4. The number of hydrogen-bond acceptors (Lipinski definition) is 8. The van der Waals surface area contributed by atoms with Gasteiger partial charge in [-0.15, -0.1) is 0 Å². The Hall–Kier alpha value is -1.89. The smallest absolute Gasteiger partial charge is 0.339 e. The highest BCUT2D eigenvalue weighted by atomic mass is 31.2. The van der Waals surface area contributed by atoms with E-state index in [0.29, 0.717) is 32.7 Å². The molecule has 12 nitrogen and oxygen atoms in total. The van der Waals surface area contributed by atoms with E-state index in [9.17, 15) is 39.3 Å². The molecule has 0 spiro atoms. The molecule has 1 atom stereocenters. The van der Waals surface area contributed by atoms with Crippen molar-refractivity contribution < 1.29 is 39.3 Å². The average molecular weight is 517 g/mol. The molecule has 0 saturated carbocycles.